The van der Waals surface area contributed by atoms with Gasteiger partial charge in [0.1, 0.15) is 11.5 Å². The van der Waals surface area contributed by atoms with Crippen LogP contribution in [0.5, 0.6) is 11.5 Å². The molecule has 8 heteroatoms. The smallest absolute Gasteiger partial charge is 0.315 e. The van der Waals surface area contributed by atoms with Crippen LogP contribution in [-0.2, 0) is 14.8 Å². The Labute approximate surface area is 163 Å². The average Bonchev–Trinajstić information content (AvgIpc) is 2.68. The molecule has 1 aliphatic heterocycles. The zero-order valence-electron chi connectivity index (χ0n) is 14.8. The number of methoxy groups -OCH3 is 1. The molecular weight excluding hydrogens is 390 g/mol. The maximum atomic E-state index is 12.9. The van der Waals surface area contributed by atoms with Gasteiger partial charge in [-0.15, -0.1) is 0 Å². The van der Waals surface area contributed by atoms with E-state index >= 15 is 0 Å². The summed E-state index contributed by atoms with van der Waals surface area (Å²) in [5, 5.41) is 0.465. The van der Waals surface area contributed by atoms with Crippen LogP contribution in [-0.4, -0.2) is 38.9 Å². The minimum Gasteiger partial charge on any atom is -0.497 e. The number of nitrogens with zero attached hydrogens (tertiary/aromatic N) is 1. The number of rotatable bonds is 5. The molecule has 0 aliphatic carbocycles. The molecule has 1 aliphatic rings. The van der Waals surface area contributed by atoms with Crippen molar-refractivity contribution in [1.29, 1.82) is 0 Å². The van der Waals surface area contributed by atoms with Crippen LogP contribution in [0.2, 0.25) is 5.02 Å². The second-order valence-electron chi connectivity index (χ2n) is 6.26. The molecule has 1 heterocycles. The molecule has 144 valence electrons. The van der Waals surface area contributed by atoms with Gasteiger partial charge in [0.2, 0.25) is 10.0 Å². The predicted octanol–water partition coefficient (Wildman–Crippen LogP) is 3.35. The first-order valence-corrected chi connectivity index (χ1v) is 10.3. The van der Waals surface area contributed by atoms with Gasteiger partial charge in [0, 0.05) is 18.1 Å². The van der Waals surface area contributed by atoms with E-state index in [1.165, 1.54) is 23.5 Å². The zero-order chi connectivity index (χ0) is 19.4. The standard InChI is InChI=1S/C19H20ClNO5S/c1-25-16-7-9-18(10-8-16)27(23,24)21-11-3-4-14(13-21)19(22)26-17-6-2-5-15(20)12-17/h2,5-10,12,14H,3-4,11,13H2,1H3. The van der Waals surface area contributed by atoms with E-state index in [1.807, 2.05) is 0 Å². The molecule has 0 radical (unpaired) electrons. The Hall–Kier alpha value is -2.09. The second-order valence-corrected chi connectivity index (χ2v) is 8.63. The third-order valence-electron chi connectivity index (χ3n) is 4.43. The molecule has 1 unspecified atom stereocenters. The molecule has 2 aromatic rings. The third kappa shape index (κ3) is 4.61. The summed E-state index contributed by atoms with van der Waals surface area (Å²) in [4.78, 5) is 12.6. The number of piperidine rings is 1. The van der Waals surface area contributed by atoms with E-state index in [9.17, 15) is 13.2 Å². The summed E-state index contributed by atoms with van der Waals surface area (Å²) >= 11 is 5.90. The van der Waals surface area contributed by atoms with Gasteiger partial charge >= 0.3 is 5.97 Å². The maximum absolute atomic E-state index is 12.9. The molecular formula is C19H20ClNO5S. The molecule has 0 amide bonds. The van der Waals surface area contributed by atoms with Crippen molar-refractivity contribution in [3.63, 3.8) is 0 Å². The van der Waals surface area contributed by atoms with Crippen molar-refractivity contribution in [2.24, 2.45) is 5.92 Å². The zero-order valence-corrected chi connectivity index (χ0v) is 16.4. The van der Waals surface area contributed by atoms with Gasteiger partial charge in [-0.05, 0) is 55.3 Å². The summed E-state index contributed by atoms with van der Waals surface area (Å²) in [6, 6.07) is 12.8. The number of hydrogen-bond donors (Lipinski definition) is 0. The molecule has 0 saturated carbocycles. The summed E-state index contributed by atoms with van der Waals surface area (Å²) in [5.74, 6) is -0.0455. The summed E-state index contributed by atoms with van der Waals surface area (Å²) in [5.41, 5.74) is 0. The van der Waals surface area contributed by atoms with Crippen molar-refractivity contribution >= 4 is 27.6 Å². The number of hydrogen-bond acceptors (Lipinski definition) is 5. The first-order valence-electron chi connectivity index (χ1n) is 8.51. The quantitative estimate of drug-likeness (QED) is 0.559. The highest BCUT2D eigenvalue weighted by molar-refractivity contribution is 7.89. The molecule has 0 spiro atoms. The van der Waals surface area contributed by atoms with Gasteiger partial charge in [0.05, 0.1) is 17.9 Å². The minimum absolute atomic E-state index is 0.0910. The highest BCUT2D eigenvalue weighted by atomic mass is 35.5. The number of carbonyl (C=O) groups is 1. The first-order chi connectivity index (χ1) is 12.9. The first kappa shape index (κ1) is 19.7. The SMILES string of the molecule is COc1ccc(S(=O)(=O)N2CCCC(C(=O)Oc3cccc(Cl)c3)C2)cc1. The Morgan fingerprint density at radius 2 is 1.89 bits per heavy atom. The monoisotopic (exact) mass is 409 g/mol. The maximum Gasteiger partial charge on any atom is 0.315 e. The molecule has 1 fully saturated rings. The third-order valence-corrected chi connectivity index (χ3v) is 6.54. The van der Waals surface area contributed by atoms with E-state index < -0.39 is 21.9 Å². The molecule has 1 atom stereocenters. The van der Waals surface area contributed by atoms with Crippen LogP contribution in [0.25, 0.3) is 0 Å². The van der Waals surface area contributed by atoms with Crippen molar-refractivity contribution in [3.05, 3.63) is 53.6 Å². The van der Waals surface area contributed by atoms with Crippen LogP contribution in [0.1, 0.15) is 12.8 Å². The minimum atomic E-state index is -3.68. The van der Waals surface area contributed by atoms with E-state index in [-0.39, 0.29) is 11.4 Å². The van der Waals surface area contributed by atoms with Gasteiger partial charge in [-0.25, -0.2) is 8.42 Å². The second kappa shape index (κ2) is 8.29. The lowest BCUT2D eigenvalue weighted by Crippen LogP contribution is -2.43. The number of sulfonamides is 1. The average molecular weight is 410 g/mol. The fourth-order valence-electron chi connectivity index (χ4n) is 2.98. The Bertz CT molecular complexity index is 914. The molecule has 6 nitrogen and oxygen atoms in total. The Balaban J connectivity index is 1.71. The Morgan fingerprint density at radius 1 is 1.15 bits per heavy atom. The lowest BCUT2D eigenvalue weighted by Gasteiger charge is -2.30. The molecule has 27 heavy (non-hydrogen) atoms. The molecule has 0 aromatic heterocycles. The molecule has 2 aromatic carbocycles. The molecule has 3 rings (SSSR count). The normalized spacial score (nSPS) is 18.1. The van der Waals surface area contributed by atoms with Crippen LogP contribution >= 0.6 is 11.6 Å². The number of halogens is 1. The van der Waals surface area contributed by atoms with Gasteiger partial charge in [-0.1, -0.05) is 17.7 Å². The lowest BCUT2D eigenvalue weighted by atomic mass is 10.00. The van der Waals surface area contributed by atoms with Crippen molar-refractivity contribution in [2.75, 3.05) is 20.2 Å². The van der Waals surface area contributed by atoms with Crippen LogP contribution in [0.4, 0.5) is 0 Å². The molecule has 0 N–H and O–H groups in total. The largest absolute Gasteiger partial charge is 0.497 e. The van der Waals surface area contributed by atoms with E-state index in [2.05, 4.69) is 0 Å². The number of benzene rings is 2. The van der Waals surface area contributed by atoms with Crippen molar-refractivity contribution in [2.45, 2.75) is 17.7 Å². The van der Waals surface area contributed by atoms with Gasteiger partial charge in [-0.3, -0.25) is 4.79 Å². The lowest BCUT2D eigenvalue weighted by molar-refractivity contribution is -0.140. The van der Waals surface area contributed by atoms with Crippen molar-refractivity contribution < 1.29 is 22.7 Å². The number of carbonyl (C=O) groups excluding carboxylic acids is 1. The van der Waals surface area contributed by atoms with Crippen molar-refractivity contribution in [1.82, 2.24) is 4.31 Å². The van der Waals surface area contributed by atoms with Gasteiger partial charge < -0.3 is 9.47 Å². The van der Waals surface area contributed by atoms with Crippen LogP contribution in [0, 0.1) is 5.92 Å². The summed E-state index contributed by atoms with van der Waals surface area (Å²) < 4.78 is 37.5. The van der Waals surface area contributed by atoms with E-state index in [1.54, 1.807) is 36.4 Å². The van der Waals surface area contributed by atoms with Gasteiger partial charge in [0.25, 0.3) is 0 Å². The highest BCUT2D eigenvalue weighted by Crippen LogP contribution is 2.27. The fraction of sp³-hybridized carbons (Fsp3) is 0.316. The van der Waals surface area contributed by atoms with Gasteiger partial charge in [-0.2, -0.15) is 4.31 Å². The van der Waals surface area contributed by atoms with Crippen molar-refractivity contribution in [3.8, 4) is 11.5 Å². The predicted molar refractivity (Wildman–Crippen MR) is 102 cm³/mol. The topological polar surface area (TPSA) is 72.9 Å². The summed E-state index contributed by atoms with van der Waals surface area (Å²) in [6.45, 7) is 0.461. The van der Waals surface area contributed by atoms with E-state index in [0.717, 1.165) is 0 Å². The van der Waals surface area contributed by atoms with Crippen LogP contribution in [0.15, 0.2) is 53.4 Å². The molecule has 0 bridgehead atoms. The van der Waals surface area contributed by atoms with E-state index in [0.29, 0.717) is 35.9 Å². The fourth-order valence-corrected chi connectivity index (χ4v) is 4.68. The summed E-state index contributed by atoms with van der Waals surface area (Å²) in [6.07, 6.45) is 1.17. The highest BCUT2D eigenvalue weighted by Gasteiger charge is 2.34. The Morgan fingerprint density at radius 3 is 2.56 bits per heavy atom. The van der Waals surface area contributed by atoms with Crippen LogP contribution in [0.3, 0.4) is 0 Å². The summed E-state index contributed by atoms with van der Waals surface area (Å²) in [7, 11) is -2.17. The number of esters is 1. The van der Waals surface area contributed by atoms with Gasteiger partial charge in [0.15, 0.2) is 0 Å². The molecule has 1 saturated heterocycles. The van der Waals surface area contributed by atoms with E-state index in [4.69, 9.17) is 21.1 Å². The number of ether oxygens (including phenoxy) is 2. The Kier molecular flexibility index (Phi) is 6.04. The van der Waals surface area contributed by atoms with Crippen LogP contribution < -0.4 is 9.47 Å².